The number of fused-ring (bicyclic) bond motifs is 1. The van der Waals surface area contributed by atoms with Crippen LogP contribution in [0.15, 0.2) is 24.3 Å². The zero-order chi connectivity index (χ0) is 13.9. The molecule has 19 heavy (non-hydrogen) atoms. The van der Waals surface area contributed by atoms with E-state index in [-0.39, 0.29) is 17.4 Å². The van der Waals surface area contributed by atoms with Gasteiger partial charge in [0.25, 0.3) is 0 Å². The van der Waals surface area contributed by atoms with Crippen molar-refractivity contribution in [3.8, 4) is 0 Å². The van der Waals surface area contributed by atoms with Crippen molar-refractivity contribution in [3.63, 3.8) is 0 Å². The second-order valence-corrected chi connectivity index (χ2v) is 5.73. The molecular weight excluding hydrogens is 240 g/mol. The van der Waals surface area contributed by atoms with Crippen molar-refractivity contribution in [2.75, 3.05) is 25.6 Å². The van der Waals surface area contributed by atoms with Gasteiger partial charge in [0, 0.05) is 31.7 Å². The molecule has 1 aromatic carbocycles. The van der Waals surface area contributed by atoms with Crippen molar-refractivity contribution in [2.45, 2.75) is 31.7 Å². The molecule has 0 fully saturated rings. The first-order valence-corrected chi connectivity index (χ1v) is 6.64. The van der Waals surface area contributed by atoms with Crippen molar-refractivity contribution in [2.24, 2.45) is 0 Å². The van der Waals surface area contributed by atoms with Crippen molar-refractivity contribution >= 4 is 11.6 Å². The Labute approximate surface area is 114 Å². The van der Waals surface area contributed by atoms with Gasteiger partial charge in [0.1, 0.15) is 0 Å². The molecule has 1 aliphatic heterocycles. The standard InChI is InChI=1S/C15H22N2O2/c1-15(2,10-19-3)17-14(18)8-11-9-16-13-7-5-4-6-12(11)13/h4-7,11,16H,8-10H2,1-3H3,(H,17,18). The Kier molecular flexibility index (Phi) is 4.10. The molecule has 1 amide bonds. The van der Waals surface area contributed by atoms with E-state index in [9.17, 15) is 4.79 Å². The number of hydrogen-bond donors (Lipinski definition) is 2. The quantitative estimate of drug-likeness (QED) is 0.854. The number of methoxy groups -OCH3 is 1. The summed E-state index contributed by atoms with van der Waals surface area (Å²) in [5, 5.41) is 6.36. The Hall–Kier alpha value is -1.55. The third-order valence-corrected chi connectivity index (χ3v) is 3.35. The third-order valence-electron chi connectivity index (χ3n) is 3.35. The van der Waals surface area contributed by atoms with Crippen LogP contribution < -0.4 is 10.6 Å². The molecule has 104 valence electrons. The number of carbonyl (C=O) groups excluding carboxylic acids is 1. The summed E-state index contributed by atoms with van der Waals surface area (Å²) in [7, 11) is 1.64. The lowest BCUT2D eigenvalue weighted by Crippen LogP contribution is -2.47. The average molecular weight is 262 g/mol. The minimum Gasteiger partial charge on any atom is -0.384 e. The van der Waals surface area contributed by atoms with Crippen LogP contribution in [0.3, 0.4) is 0 Å². The van der Waals surface area contributed by atoms with Crippen LogP contribution in [0.2, 0.25) is 0 Å². The summed E-state index contributed by atoms with van der Waals surface area (Å²) in [5.74, 6) is 0.333. The van der Waals surface area contributed by atoms with E-state index in [0.717, 1.165) is 12.2 Å². The van der Waals surface area contributed by atoms with E-state index in [2.05, 4.69) is 22.8 Å². The number of amides is 1. The molecule has 4 nitrogen and oxygen atoms in total. The molecule has 1 aliphatic rings. The van der Waals surface area contributed by atoms with E-state index in [4.69, 9.17) is 4.74 Å². The lowest BCUT2D eigenvalue weighted by atomic mass is 9.96. The number of benzene rings is 1. The number of hydrogen-bond acceptors (Lipinski definition) is 3. The fourth-order valence-electron chi connectivity index (χ4n) is 2.59. The van der Waals surface area contributed by atoms with E-state index >= 15 is 0 Å². The number of para-hydroxylation sites is 1. The number of carbonyl (C=O) groups is 1. The van der Waals surface area contributed by atoms with Crippen molar-refractivity contribution in [1.82, 2.24) is 5.32 Å². The zero-order valence-electron chi connectivity index (χ0n) is 11.8. The van der Waals surface area contributed by atoms with Crippen LogP contribution >= 0.6 is 0 Å². The molecule has 0 radical (unpaired) electrons. The molecule has 0 aromatic heterocycles. The number of anilines is 1. The predicted molar refractivity (Wildman–Crippen MR) is 76.4 cm³/mol. The average Bonchev–Trinajstić information content (AvgIpc) is 2.72. The molecule has 0 saturated carbocycles. The second kappa shape index (κ2) is 5.61. The Morgan fingerprint density at radius 2 is 2.21 bits per heavy atom. The first kappa shape index (κ1) is 13.9. The molecule has 1 atom stereocenters. The van der Waals surface area contributed by atoms with Crippen molar-refractivity contribution < 1.29 is 9.53 Å². The van der Waals surface area contributed by atoms with Crippen LogP contribution in [0.1, 0.15) is 31.7 Å². The summed E-state index contributed by atoms with van der Waals surface area (Å²) in [6.45, 7) is 5.28. The Morgan fingerprint density at radius 1 is 1.47 bits per heavy atom. The van der Waals surface area contributed by atoms with Crippen LogP contribution in [-0.2, 0) is 9.53 Å². The van der Waals surface area contributed by atoms with Gasteiger partial charge in [0.05, 0.1) is 12.1 Å². The van der Waals surface area contributed by atoms with E-state index < -0.39 is 0 Å². The lowest BCUT2D eigenvalue weighted by molar-refractivity contribution is -0.123. The maximum atomic E-state index is 12.1. The number of rotatable bonds is 5. The van der Waals surface area contributed by atoms with Gasteiger partial charge < -0.3 is 15.4 Å². The Balaban J connectivity index is 1.94. The fourth-order valence-corrected chi connectivity index (χ4v) is 2.59. The number of ether oxygens (including phenoxy) is 1. The molecule has 2 rings (SSSR count). The monoisotopic (exact) mass is 262 g/mol. The molecule has 4 heteroatoms. The maximum absolute atomic E-state index is 12.1. The Bertz CT molecular complexity index is 457. The molecule has 1 unspecified atom stereocenters. The van der Waals surface area contributed by atoms with Crippen LogP contribution in [0.5, 0.6) is 0 Å². The van der Waals surface area contributed by atoms with Gasteiger partial charge in [-0.05, 0) is 25.5 Å². The minimum atomic E-state index is -0.322. The highest BCUT2D eigenvalue weighted by atomic mass is 16.5. The van der Waals surface area contributed by atoms with Gasteiger partial charge in [0.15, 0.2) is 0 Å². The van der Waals surface area contributed by atoms with Gasteiger partial charge in [-0.3, -0.25) is 4.79 Å². The largest absolute Gasteiger partial charge is 0.384 e. The molecule has 0 bridgehead atoms. The summed E-state index contributed by atoms with van der Waals surface area (Å²) in [4.78, 5) is 12.1. The highest BCUT2D eigenvalue weighted by Crippen LogP contribution is 2.33. The van der Waals surface area contributed by atoms with Gasteiger partial charge in [-0.15, -0.1) is 0 Å². The van der Waals surface area contributed by atoms with E-state index in [1.807, 2.05) is 26.0 Å². The Morgan fingerprint density at radius 3 is 2.95 bits per heavy atom. The first-order chi connectivity index (χ1) is 9.02. The predicted octanol–water partition coefficient (Wildman–Crippen LogP) is 2.13. The minimum absolute atomic E-state index is 0.0746. The van der Waals surface area contributed by atoms with Gasteiger partial charge in [0.2, 0.25) is 5.91 Å². The van der Waals surface area contributed by atoms with Crippen LogP contribution in [0, 0.1) is 0 Å². The smallest absolute Gasteiger partial charge is 0.221 e. The van der Waals surface area contributed by atoms with Crippen molar-refractivity contribution in [3.05, 3.63) is 29.8 Å². The van der Waals surface area contributed by atoms with Crippen LogP contribution in [0.25, 0.3) is 0 Å². The highest BCUT2D eigenvalue weighted by molar-refractivity contribution is 5.78. The number of nitrogens with one attached hydrogen (secondary N) is 2. The summed E-state index contributed by atoms with van der Waals surface area (Å²) in [5.41, 5.74) is 2.07. The molecular formula is C15H22N2O2. The fraction of sp³-hybridized carbons (Fsp3) is 0.533. The maximum Gasteiger partial charge on any atom is 0.221 e. The highest BCUT2D eigenvalue weighted by Gasteiger charge is 2.26. The second-order valence-electron chi connectivity index (χ2n) is 5.73. The van der Waals surface area contributed by atoms with E-state index in [1.165, 1.54) is 5.56 Å². The lowest BCUT2D eigenvalue weighted by Gasteiger charge is -2.26. The topological polar surface area (TPSA) is 50.4 Å². The third kappa shape index (κ3) is 3.47. The molecule has 1 aromatic rings. The first-order valence-electron chi connectivity index (χ1n) is 6.64. The summed E-state index contributed by atoms with van der Waals surface area (Å²) in [6.07, 6.45) is 0.511. The molecule has 1 heterocycles. The molecule has 0 spiro atoms. The summed E-state index contributed by atoms with van der Waals surface area (Å²) >= 11 is 0. The van der Waals surface area contributed by atoms with Crippen LogP contribution in [0.4, 0.5) is 5.69 Å². The molecule has 0 aliphatic carbocycles. The van der Waals surface area contributed by atoms with E-state index in [0.29, 0.717) is 13.0 Å². The van der Waals surface area contributed by atoms with Gasteiger partial charge in [-0.2, -0.15) is 0 Å². The zero-order valence-corrected chi connectivity index (χ0v) is 11.8. The van der Waals surface area contributed by atoms with Gasteiger partial charge in [-0.25, -0.2) is 0 Å². The van der Waals surface area contributed by atoms with E-state index in [1.54, 1.807) is 7.11 Å². The van der Waals surface area contributed by atoms with Gasteiger partial charge in [-0.1, -0.05) is 18.2 Å². The normalized spacial score (nSPS) is 17.7. The molecule has 2 N–H and O–H groups in total. The molecule has 0 saturated heterocycles. The van der Waals surface area contributed by atoms with Crippen molar-refractivity contribution in [1.29, 1.82) is 0 Å². The van der Waals surface area contributed by atoms with Gasteiger partial charge >= 0.3 is 0 Å². The summed E-state index contributed by atoms with van der Waals surface area (Å²) < 4.78 is 5.11. The summed E-state index contributed by atoms with van der Waals surface area (Å²) in [6, 6.07) is 8.18. The van der Waals surface area contributed by atoms with Crippen LogP contribution in [-0.4, -0.2) is 31.7 Å². The SMILES string of the molecule is COCC(C)(C)NC(=O)CC1CNc2ccccc21.